The van der Waals surface area contributed by atoms with E-state index in [2.05, 4.69) is 57.2 Å². The van der Waals surface area contributed by atoms with Crippen molar-refractivity contribution in [3.8, 4) is 27.6 Å². The molecule has 1 saturated heterocycles. The van der Waals surface area contributed by atoms with Crippen LogP contribution in [0, 0.1) is 18.3 Å². The fraction of sp³-hybridized carbons (Fsp3) is 0.500. The molecule has 1 aliphatic heterocycles. The molecule has 3 aromatic heterocycles. The molecule has 2 aromatic carbocycles. The number of β-amino-alcohol motifs (C(OH)–C–C–N with tert-alkyl or cyclic N) is 1. The number of unbranched alkanes of at least 4 members (excludes halogenated alkanes) is 6. The van der Waals surface area contributed by atoms with Crippen LogP contribution in [0.1, 0.15) is 120 Å². The Bertz CT molecular complexity index is 2820. The van der Waals surface area contributed by atoms with Crippen molar-refractivity contribution in [2.45, 2.75) is 136 Å². The lowest BCUT2D eigenvalue weighted by atomic mass is 9.85. The molecule has 0 bridgehead atoms. The molecular formula is C54H71N13O8S. The number of aliphatic hydroxyl groups excluding tert-OH is 1. The van der Waals surface area contributed by atoms with Crippen LogP contribution in [-0.4, -0.2) is 121 Å². The van der Waals surface area contributed by atoms with Crippen LogP contribution < -0.4 is 36.6 Å². The molecule has 7 N–H and O–H groups in total. The summed E-state index contributed by atoms with van der Waals surface area (Å²) in [5, 5.41) is 40.7. The van der Waals surface area contributed by atoms with Gasteiger partial charge in [0.25, 0.3) is 5.91 Å². The van der Waals surface area contributed by atoms with Crippen LogP contribution >= 0.6 is 11.3 Å². The minimum Gasteiger partial charge on any atom is -0.494 e. The average molecular weight is 1060 g/mol. The molecule has 2 aliphatic rings. The second-order valence-corrected chi connectivity index (χ2v) is 21.3. The fourth-order valence-corrected chi connectivity index (χ4v) is 9.79. The van der Waals surface area contributed by atoms with E-state index < -0.39 is 29.5 Å². The van der Waals surface area contributed by atoms with Crippen LogP contribution in [0.25, 0.3) is 21.8 Å². The van der Waals surface area contributed by atoms with Crippen molar-refractivity contribution in [3.05, 3.63) is 77.3 Å². The van der Waals surface area contributed by atoms with Gasteiger partial charge in [-0.25, -0.2) is 9.97 Å². The van der Waals surface area contributed by atoms with Gasteiger partial charge in [-0.1, -0.05) is 83.2 Å². The smallest absolute Gasteiger partial charge is 0.273 e. The monoisotopic (exact) mass is 1060 g/mol. The van der Waals surface area contributed by atoms with Gasteiger partial charge in [0.2, 0.25) is 29.5 Å². The normalized spacial score (nSPS) is 15.6. The van der Waals surface area contributed by atoms with Gasteiger partial charge in [-0.05, 0) is 61.3 Å². The zero-order valence-electron chi connectivity index (χ0n) is 44.2. The van der Waals surface area contributed by atoms with Gasteiger partial charge in [-0.15, -0.1) is 21.5 Å². The minimum absolute atomic E-state index is 0.0115. The van der Waals surface area contributed by atoms with E-state index in [9.17, 15) is 33.9 Å². The third-order valence-electron chi connectivity index (χ3n) is 13.4. The van der Waals surface area contributed by atoms with Gasteiger partial charge >= 0.3 is 0 Å². The number of hydrogen-bond donors (Lipinski definition) is 7. The number of ether oxygens (including phenoxy) is 1. The fourth-order valence-electron chi connectivity index (χ4n) is 8.98. The lowest BCUT2D eigenvalue weighted by molar-refractivity contribution is -0.144. The van der Waals surface area contributed by atoms with Crippen molar-refractivity contribution in [2.75, 3.05) is 37.9 Å². The van der Waals surface area contributed by atoms with E-state index in [1.807, 2.05) is 63.5 Å². The summed E-state index contributed by atoms with van der Waals surface area (Å²) in [7, 11) is 3.00. The number of hydrogen-bond acceptors (Lipinski definition) is 15. The summed E-state index contributed by atoms with van der Waals surface area (Å²) in [5.74, 6) is -0.654. The number of rotatable bonds is 26. The maximum atomic E-state index is 14.0. The number of nitrogens with zero attached hydrogens (tertiary/aromatic N) is 7. The molecule has 0 unspecified atom stereocenters. The zero-order valence-corrected chi connectivity index (χ0v) is 45.1. The summed E-state index contributed by atoms with van der Waals surface area (Å²) in [4.78, 5) is 89.8. The minimum atomic E-state index is -0.880. The van der Waals surface area contributed by atoms with Gasteiger partial charge in [-0.3, -0.25) is 33.4 Å². The van der Waals surface area contributed by atoms with Crippen LogP contribution in [0.15, 0.2) is 60.4 Å². The first kappa shape index (κ1) is 56.4. The topological polar surface area (TPSA) is 277 Å². The molecule has 1 aliphatic carbocycles. The van der Waals surface area contributed by atoms with Crippen molar-refractivity contribution in [1.82, 2.24) is 56.1 Å². The highest BCUT2D eigenvalue weighted by molar-refractivity contribution is 7.13. The Morgan fingerprint density at radius 3 is 2.24 bits per heavy atom. The second kappa shape index (κ2) is 26.4. The van der Waals surface area contributed by atoms with E-state index in [4.69, 9.17) is 4.74 Å². The molecule has 1 saturated carbocycles. The number of carbonyl (C=O) groups is 6. The molecule has 0 spiro atoms. The predicted octanol–water partition coefficient (Wildman–Crippen LogP) is 6.06. The number of aromatic nitrogens is 6. The number of likely N-dealkylation sites (tertiary alicyclic amines) is 1. The van der Waals surface area contributed by atoms with Crippen LogP contribution in [0.5, 0.6) is 5.75 Å². The Morgan fingerprint density at radius 2 is 1.58 bits per heavy atom. The number of thiazole rings is 1. The first-order chi connectivity index (χ1) is 36.5. The molecule has 6 amide bonds. The molecule has 4 heterocycles. The molecule has 21 nitrogen and oxygen atoms in total. The number of benzene rings is 2. The van der Waals surface area contributed by atoms with Gasteiger partial charge in [0.1, 0.15) is 18.4 Å². The third-order valence-corrected chi connectivity index (χ3v) is 14.4. The number of aliphatic hydroxyl groups is 1. The Labute approximate surface area is 447 Å². The summed E-state index contributed by atoms with van der Waals surface area (Å²) in [6.07, 6.45) is 9.21. The first-order valence-corrected chi connectivity index (χ1v) is 27.0. The van der Waals surface area contributed by atoms with Gasteiger partial charge in [0.05, 0.1) is 52.8 Å². The number of aryl methyl sites for hydroxylation is 1. The molecule has 0 radical (unpaired) electrons. The van der Waals surface area contributed by atoms with E-state index in [0.29, 0.717) is 54.4 Å². The lowest BCUT2D eigenvalue weighted by Gasteiger charge is -2.35. The number of anilines is 3. The molecule has 22 heteroatoms. The van der Waals surface area contributed by atoms with Gasteiger partial charge in [0.15, 0.2) is 23.1 Å². The SMILES string of the molecule is CNC(=O)c1nnc(NC(=O)C2CC2)cc1Nc1cccc(-c2ncn(CCNC(=O)CCCCCCCCCC(=O)N[C@H](C(=O)N3C[C@H](O)C[C@H]3C(=O)NCc3ccc(-c4scnc4C)cc3)C(C)(C)C)n2)c1OC. The highest BCUT2D eigenvalue weighted by Gasteiger charge is 2.44. The molecule has 76 heavy (non-hydrogen) atoms. The van der Waals surface area contributed by atoms with E-state index in [0.717, 1.165) is 73.1 Å². The molecule has 3 atom stereocenters. The first-order valence-electron chi connectivity index (χ1n) is 26.1. The summed E-state index contributed by atoms with van der Waals surface area (Å²) in [6.45, 7) is 8.63. The predicted molar refractivity (Wildman–Crippen MR) is 288 cm³/mol. The van der Waals surface area contributed by atoms with Gasteiger partial charge in [0, 0.05) is 57.9 Å². The lowest BCUT2D eigenvalue weighted by Crippen LogP contribution is -2.57. The molecule has 7 rings (SSSR count). The summed E-state index contributed by atoms with van der Waals surface area (Å²) in [5.41, 5.74) is 5.51. The number of methoxy groups -OCH3 is 1. The Kier molecular flexibility index (Phi) is 19.6. The number of para-hydroxylation sites is 1. The molecular weight excluding hydrogens is 991 g/mol. The third kappa shape index (κ3) is 15.4. The van der Waals surface area contributed by atoms with Gasteiger partial charge < -0.3 is 46.6 Å². The summed E-state index contributed by atoms with van der Waals surface area (Å²) in [6, 6.07) is 13.1. The van der Waals surface area contributed by atoms with E-state index >= 15 is 0 Å². The second-order valence-electron chi connectivity index (χ2n) is 20.4. The highest BCUT2D eigenvalue weighted by atomic mass is 32.1. The van der Waals surface area contributed by atoms with Crippen molar-refractivity contribution in [1.29, 1.82) is 0 Å². The van der Waals surface area contributed by atoms with E-state index in [1.165, 1.54) is 19.1 Å². The van der Waals surface area contributed by atoms with Gasteiger partial charge in [-0.2, -0.15) is 5.10 Å². The summed E-state index contributed by atoms with van der Waals surface area (Å²) >= 11 is 1.57. The Hall–Kier alpha value is -7.33. The van der Waals surface area contributed by atoms with Crippen molar-refractivity contribution in [3.63, 3.8) is 0 Å². The number of nitrogens with one attached hydrogen (secondary N) is 6. The van der Waals surface area contributed by atoms with E-state index in [1.54, 1.807) is 40.5 Å². The zero-order chi connectivity index (χ0) is 54.4. The van der Waals surface area contributed by atoms with Crippen LogP contribution in [0.4, 0.5) is 17.2 Å². The average Bonchev–Trinajstić information content (AvgIpc) is 3.79. The van der Waals surface area contributed by atoms with Crippen LogP contribution in [0.3, 0.4) is 0 Å². The number of carbonyl (C=O) groups excluding carboxylic acids is 6. The molecule has 5 aromatic rings. The Morgan fingerprint density at radius 1 is 0.868 bits per heavy atom. The Balaban J connectivity index is 0.774. The molecule has 406 valence electrons. The maximum absolute atomic E-state index is 14.0. The molecule has 2 fully saturated rings. The maximum Gasteiger partial charge on any atom is 0.273 e. The van der Waals surface area contributed by atoms with Crippen molar-refractivity contribution < 1.29 is 38.6 Å². The van der Waals surface area contributed by atoms with Crippen LogP contribution in [0.2, 0.25) is 0 Å². The summed E-state index contributed by atoms with van der Waals surface area (Å²) < 4.78 is 7.43. The highest BCUT2D eigenvalue weighted by Crippen LogP contribution is 2.38. The van der Waals surface area contributed by atoms with Crippen LogP contribution in [-0.2, 0) is 37.1 Å². The van der Waals surface area contributed by atoms with Crippen molar-refractivity contribution >= 4 is 64.0 Å². The quantitative estimate of drug-likeness (QED) is 0.0310. The van der Waals surface area contributed by atoms with E-state index in [-0.39, 0.29) is 72.9 Å². The number of amides is 6. The standard InChI is InChI=1S/C54H71N13O8S/c1-33-47(76-32-59-33)35-21-19-34(20-22-35)29-57-51(72)41-27-37(68)30-67(41)53(74)48(54(2,3)4)62-44(70)18-13-11-9-7-8-10-12-17-43(69)56-25-26-66-31-58-49(65-66)38-15-14-16-39(46(38)75-6)60-40-28-42(61-50(71)36-23-24-36)63-64-45(40)52(73)55-5/h14-16,19-22,28,31-32,36-37,41,48,68H,7-13,17-18,23-27,29-30H2,1-6H3,(H,55,73)(H,56,69)(H,57,72)(H,62,70)(H2,60,61,63,71)/t37-,41+,48-/m1/s1. The largest absolute Gasteiger partial charge is 0.494 e. The van der Waals surface area contributed by atoms with Crippen molar-refractivity contribution in [2.24, 2.45) is 11.3 Å².